The van der Waals surface area contributed by atoms with Crippen LogP contribution in [0.2, 0.25) is 0 Å². The maximum absolute atomic E-state index is 13.2. The standard InChI is InChI=1S/C31H46O5/c1-8-9-10-11-14-30(4,5)21-16-24(32)28-22-15-20(25(33)18-29(2,3)19-27(34)35)12-13-23(22)31(6,7)36-26(28)17-21/h12,16-17,22-23,32H,8-11,13-15,18-19H2,1-7H3,(H,34,35)/t22-,23-/m1/s1. The van der Waals surface area contributed by atoms with Gasteiger partial charge in [-0.25, -0.2) is 0 Å². The van der Waals surface area contributed by atoms with Crippen molar-refractivity contribution in [3.05, 3.63) is 34.9 Å². The van der Waals surface area contributed by atoms with Gasteiger partial charge < -0.3 is 14.9 Å². The monoisotopic (exact) mass is 498 g/mol. The Hall–Kier alpha value is -2.30. The molecule has 0 unspecified atom stereocenters. The number of carboxylic acids is 1. The first-order valence-electron chi connectivity index (χ1n) is 13.7. The summed E-state index contributed by atoms with van der Waals surface area (Å²) in [6, 6.07) is 4.02. The van der Waals surface area contributed by atoms with Crippen LogP contribution in [-0.4, -0.2) is 27.6 Å². The van der Waals surface area contributed by atoms with Crippen LogP contribution in [-0.2, 0) is 15.0 Å². The molecule has 0 aromatic heterocycles. The van der Waals surface area contributed by atoms with Crippen LogP contribution >= 0.6 is 0 Å². The molecule has 1 aromatic rings. The molecule has 0 saturated heterocycles. The minimum Gasteiger partial charge on any atom is -0.508 e. The molecular formula is C31H46O5. The van der Waals surface area contributed by atoms with Crippen molar-refractivity contribution in [1.82, 2.24) is 0 Å². The van der Waals surface area contributed by atoms with Gasteiger partial charge in [-0.15, -0.1) is 0 Å². The minimum absolute atomic E-state index is 0.00914. The fourth-order valence-electron chi connectivity index (χ4n) is 6.17. The lowest BCUT2D eigenvalue weighted by Crippen LogP contribution is -2.46. The van der Waals surface area contributed by atoms with Crippen molar-refractivity contribution < 1.29 is 24.5 Å². The normalized spacial score (nSPS) is 21.1. The van der Waals surface area contributed by atoms with Crippen LogP contribution in [0.5, 0.6) is 11.5 Å². The average Bonchev–Trinajstić information content (AvgIpc) is 2.74. The van der Waals surface area contributed by atoms with Crippen molar-refractivity contribution in [2.45, 2.75) is 123 Å². The van der Waals surface area contributed by atoms with Gasteiger partial charge in [0.15, 0.2) is 5.78 Å². The van der Waals surface area contributed by atoms with Crippen LogP contribution in [0.3, 0.4) is 0 Å². The Bertz CT molecular complexity index is 1010. The summed E-state index contributed by atoms with van der Waals surface area (Å²) < 4.78 is 6.53. The van der Waals surface area contributed by atoms with E-state index in [1.54, 1.807) is 0 Å². The number of benzene rings is 1. The summed E-state index contributed by atoms with van der Waals surface area (Å²) in [6.07, 6.45) is 9.29. The average molecular weight is 499 g/mol. The smallest absolute Gasteiger partial charge is 0.303 e. The number of aromatic hydroxyl groups is 1. The van der Waals surface area contributed by atoms with Gasteiger partial charge in [-0.2, -0.15) is 0 Å². The molecule has 3 rings (SSSR count). The van der Waals surface area contributed by atoms with Gasteiger partial charge in [-0.05, 0) is 67.2 Å². The molecule has 1 aliphatic carbocycles. The van der Waals surface area contributed by atoms with E-state index in [1.807, 2.05) is 26.0 Å². The van der Waals surface area contributed by atoms with Crippen molar-refractivity contribution >= 4 is 11.8 Å². The van der Waals surface area contributed by atoms with Crippen LogP contribution in [0, 0.1) is 11.3 Å². The second kappa shape index (κ2) is 10.6. The highest BCUT2D eigenvalue weighted by Crippen LogP contribution is 2.55. The molecule has 0 amide bonds. The van der Waals surface area contributed by atoms with E-state index in [0.717, 1.165) is 35.3 Å². The number of rotatable bonds is 11. The predicted octanol–water partition coefficient (Wildman–Crippen LogP) is 7.69. The number of carbonyl (C=O) groups is 2. The summed E-state index contributed by atoms with van der Waals surface area (Å²) in [5.74, 6) is 0.242. The van der Waals surface area contributed by atoms with E-state index in [-0.39, 0.29) is 41.6 Å². The number of ether oxygens (including phenoxy) is 1. The molecular weight excluding hydrogens is 452 g/mol. The molecule has 1 aromatic carbocycles. The molecule has 5 heteroatoms. The maximum atomic E-state index is 13.2. The fraction of sp³-hybridized carbons (Fsp3) is 0.677. The van der Waals surface area contributed by atoms with Gasteiger partial charge >= 0.3 is 5.97 Å². The fourth-order valence-corrected chi connectivity index (χ4v) is 6.17. The molecule has 2 N–H and O–H groups in total. The van der Waals surface area contributed by atoms with Gasteiger partial charge in [0.05, 0.1) is 6.42 Å². The molecule has 200 valence electrons. The van der Waals surface area contributed by atoms with Gasteiger partial charge in [0.2, 0.25) is 0 Å². The van der Waals surface area contributed by atoms with Gasteiger partial charge in [0, 0.05) is 23.8 Å². The van der Waals surface area contributed by atoms with E-state index >= 15 is 0 Å². The van der Waals surface area contributed by atoms with Crippen molar-refractivity contribution in [2.75, 3.05) is 0 Å². The van der Waals surface area contributed by atoms with E-state index in [0.29, 0.717) is 12.8 Å². The summed E-state index contributed by atoms with van der Waals surface area (Å²) in [7, 11) is 0. The second-order valence-corrected chi connectivity index (χ2v) is 13.0. The summed E-state index contributed by atoms with van der Waals surface area (Å²) in [5, 5.41) is 20.5. The quantitative estimate of drug-likeness (QED) is 0.306. The van der Waals surface area contributed by atoms with Crippen molar-refractivity contribution in [1.29, 1.82) is 0 Å². The first kappa shape index (κ1) is 28.3. The first-order valence-corrected chi connectivity index (χ1v) is 13.7. The van der Waals surface area contributed by atoms with Gasteiger partial charge in [0.25, 0.3) is 0 Å². The number of fused-ring (bicyclic) bond motifs is 3. The highest BCUT2D eigenvalue weighted by molar-refractivity contribution is 5.96. The van der Waals surface area contributed by atoms with Crippen molar-refractivity contribution in [3.63, 3.8) is 0 Å². The van der Waals surface area contributed by atoms with Gasteiger partial charge in [-0.1, -0.05) is 66.4 Å². The number of phenolic OH excluding ortho intramolecular Hbond substituents is 1. The summed E-state index contributed by atoms with van der Waals surface area (Å²) in [6.45, 7) is 14.5. The van der Waals surface area contributed by atoms with Crippen LogP contribution in [0.25, 0.3) is 0 Å². The minimum atomic E-state index is -0.889. The van der Waals surface area contributed by atoms with E-state index < -0.39 is 17.0 Å². The van der Waals surface area contributed by atoms with Crippen LogP contribution in [0.15, 0.2) is 23.8 Å². The zero-order chi connectivity index (χ0) is 26.9. The third kappa shape index (κ3) is 6.33. The molecule has 36 heavy (non-hydrogen) atoms. The molecule has 0 saturated carbocycles. The van der Waals surface area contributed by atoms with Crippen molar-refractivity contribution in [3.8, 4) is 11.5 Å². The molecule has 0 fully saturated rings. The highest BCUT2D eigenvalue weighted by Gasteiger charge is 2.47. The molecule has 0 radical (unpaired) electrons. The number of Topliss-reactive ketones (excluding diaryl/α,β-unsaturated/α-hetero) is 1. The van der Waals surface area contributed by atoms with Crippen LogP contribution in [0.4, 0.5) is 0 Å². The van der Waals surface area contributed by atoms with E-state index in [2.05, 4.69) is 40.7 Å². The summed E-state index contributed by atoms with van der Waals surface area (Å²) in [4.78, 5) is 24.4. The lowest BCUT2D eigenvalue weighted by Gasteiger charge is -2.47. The number of hydrogen-bond donors (Lipinski definition) is 2. The van der Waals surface area contributed by atoms with Crippen molar-refractivity contribution in [2.24, 2.45) is 11.3 Å². The molecule has 5 nitrogen and oxygen atoms in total. The number of ketones is 1. The van der Waals surface area contributed by atoms with Crippen LogP contribution in [0.1, 0.15) is 123 Å². The number of phenols is 1. The van der Waals surface area contributed by atoms with Crippen LogP contribution < -0.4 is 4.74 Å². The molecule has 1 heterocycles. The second-order valence-electron chi connectivity index (χ2n) is 13.0. The Morgan fingerprint density at radius 2 is 1.78 bits per heavy atom. The highest BCUT2D eigenvalue weighted by atomic mass is 16.5. The number of carboxylic acid groups (broad SMARTS) is 1. The largest absolute Gasteiger partial charge is 0.508 e. The lowest BCUT2D eigenvalue weighted by molar-refractivity contribution is -0.139. The zero-order valence-corrected chi connectivity index (χ0v) is 23.4. The Labute approximate surface area is 217 Å². The zero-order valence-electron chi connectivity index (χ0n) is 23.4. The SMILES string of the molecule is CCCCCCC(C)(C)c1cc(O)c2c(c1)OC(C)(C)[C@@H]1CC=C(C(=O)CC(C)(C)CC(=O)O)C[C@@H]21. The maximum Gasteiger partial charge on any atom is 0.303 e. The Balaban J connectivity index is 1.88. The molecule has 1 aliphatic heterocycles. The molecule has 2 atom stereocenters. The predicted molar refractivity (Wildman–Crippen MR) is 144 cm³/mol. The van der Waals surface area contributed by atoms with E-state index in [4.69, 9.17) is 4.74 Å². The number of allylic oxidation sites excluding steroid dienone is 2. The topological polar surface area (TPSA) is 83.8 Å². The van der Waals surface area contributed by atoms with Gasteiger partial charge in [0.1, 0.15) is 17.1 Å². The lowest BCUT2D eigenvalue weighted by atomic mass is 9.65. The molecule has 2 aliphatic rings. The van der Waals surface area contributed by atoms with Gasteiger partial charge in [-0.3, -0.25) is 9.59 Å². The number of aliphatic carboxylic acids is 1. The summed E-state index contributed by atoms with van der Waals surface area (Å²) >= 11 is 0. The third-order valence-corrected chi connectivity index (χ3v) is 8.36. The van der Waals surface area contributed by atoms with E-state index in [1.165, 1.54) is 19.3 Å². The first-order chi connectivity index (χ1) is 16.7. The number of hydrogen-bond acceptors (Lipinski definition) is 4. The number of carbonyl (C=O) groups excluding carboxylic acids is 1. The Kier molecular flexibility index (Phi) is 8.32. The summed E-state index contributed by atoms with van der Waals surface area (Å²) in [5.41, 5.74) is 1.54. The third-order valence-electron chi connectivity index (χ3n) is 8.36. The Morgan fingerprint density at radius 1 is 1.08 bits per heavy atom. The molecule has 0 bridgehead atoms. The Morgan fingerprint density at radius 3 is 2.42 bits per heavy atom. The molecule has 0 spiro atoms. The number of unbranched alkanes of at least 4 members (excludes halogenated alkanes) is 3. The van der Waals surface area contributed by atoms with E-state index in [9.17, 15) is 19.8 Å².